The fraction of sp³-hybridized carbons (Fsp3) is 0.259. The Balaban J connectivity index is 1.57. The van der Waals surface area contributed by atoms with Gasteiger partial charge in [0.05, 0.1) is 5.25 Å². The van der Waals surface area contributed by atoms with Crippen LogP contribution in [0.4, 0.5) is 5.69 Å². The van der Waals surface area contributed by atoms with Crippen LogP contribution in [0.1, 0.15) is 47.4 Å². The molecule has 5 heteroatoms. The molecule has 1 aliphatic rings. The van der Waals surface area contributed by atoms with Crippen molar-refractivity contribution in [3.05, 3.63) is 102 Å². The van der Waals surface area contributed by atoms with Gasteiger partial charge < -0.3 is 4.90 Å². The summed E-state index contributed by atoms with van der Waals surface area (Å²) in [5.41, 5.74) is 4.86. The smallest absolute Gasteiger partial charge is 0.196 e. The van der Waals surface area contributed by atoms with Crippen molar-refractivity contribution in [1.82, 2.24) is 14.8 Å². The van der Waals surface area contributed by atoms with Gasteiger partial charge in [0.1, 0.15) is 5.82 Å². The monoisotopic (exact) mass is 440 g/mol. The van der Waals surface area contributed by atoms with Crippen LogP contribution >= 0.6 is 11.8 Å². The van der Waals surface area contributed by atoms with Gasteiger partial charge in [-0.15, -0.1) is 10.2 Å². The molecule has 0 N–H and O–H groups in total. The predicted molar refractivity (Wildman–Crippen MR) is 133 cm³/mol. The summed E-state index contributed by atoms with van der Waals surface area (Å²) >= 11 is 1.78. The first kappa shape index (κ1) is 20.8. The van der Waals surface area contributed by atoms with Crippen LogP contribution in [-0.4, -0.2) is 28.9 Å². The van der Waals surface area contributed by atoms with E-state index in [2.05, 4.69) is 108 Å². The third-order valence-corrected chi connectivity index (χ3v) is 7.44. The Morgan fingerprint density at radius 2 is 1.41 bits per heavy atom. The lowest BCUT2D eigenvalue weighted by Gasteiger charge is -2.26. The van der Waals surface area contributed by atoms with Crippen molar-refractivity contribution in [2.75, 3.05) is 19.0 Å². The topological polar surface area (TPSA) is 34.0 Å². The fourth-order valence-electron chi connectivity index (χ4n) is 4.12. The van der Waals surface area contributed by atoms with Gasteiger partial charge in [-0.3, -0.25) is 4.57 Å². The van der Waals surface area contributed by atoms with Gasteiger partial charge in [0.15, 0.2) is 5.16 Å². The van der Waals surface area contributed by atoms with Crippen LogP contribution in [-0.2, 0) is 0 Å². The Bertz CT molecular complexity index is 1110. The van der Waals surface area contributed by atoms with E-state index in [1.54, 1.807) is 11.8 Å². The number of benzene rings is 3. The summed E-state index contributed by atoms with van der Waals surface area (Å²) in [5, 5.41) is 10.5. The number of aromatic nitrogens is 3. The van der Waals surface area contributed by atoms with E-state index in [4.69, 9.17) is 10.2 Å². The molecule has 4 aromatic rings. The maximum Gasteiger partial charge on any atom is 0.196 e. The Morgan fingerprint density at radius 3 is 1.91 bits per heavy atom. The van der Waals surface area contributed by atoms with E-state index in [0.717, 1.165) is 16.7 Å². The van der Waals surface area contributed by atoms with Crippen molar-refractivity contribution < 1.29 is 0 Å². The van der Waals surface area contributed by atoms with E-state index in [1.807, 2.05) is 0 Å². The van der Waals surface area contributed by atoms with Gasteiger partial charge in [0.2, 0.25) is 0 Å². The summed E-state index contributed by atoms with van der Waals surface area (Å²) in [6.07, 6.45) is 3.66. The summed E-state index contributed by atoms with van der Waals surface area (Å²) in [5.74, 6) is 1.59. The number of rotatable bonds is 7. The van der Waals surface area contributed by atoms with Crippen molar-refractivity contribution in [3.63, 3.8) is 0 Å². The number of thioether (sulfide) groups is 1. The quantitative estimate of drug-likeness (QED) is 0.308. The molecule has 0 unspecified atom stereocenters. The second-order valence-corrected chi connectivity index (χ2v) is 9.61. The van der Waals surface area contributed by atoms with Gasteiger partial charge in [0.25, 0.3) is 0 Å². The average molecular weight is 441 g/mol. The Kier molecular flexibility index (Phi) is 5.99. The van der Waals surface area contributed by atoms with Crippen LogP contribution in [0.5, 0.6) is 0 Å². The van der Waals surface area contributed by atoms with Crippen molar-refractivity contribution in [3.8, 4) is 5.69 Å². The molecule has 4 nitrogen and oxygen atoms in total. The van der Waals surface area contributed by atoms with Crippen LogP contribution in [0, 0.1) is 0 Å². The summed E-state index contributed by atoms with van der Waals surface area (Å²) < 4.78 is 2.28. The summed E-state index contributed by atoms with van der Waals surface area (Å²) in [7, 11) is 4.14. The Hall–Kier alpha value is -3.05. The van der Waals surface area contributed by atoms with E-state index in [-0.39, 0.29) is 5.25 Å². The molecular formula is C27H28N4S. The highest BCUT2D eigenvalue weighted by Crippen LogP contribution is 2.43. The Labute approximate surface area is 194 Å². The molecule has 1 aromatic heterocycles. The zero-order valence-electron chi connectivity index (χ0n) is 18.6. The predicted octanol–water partition coefficient (Wildman–Crippen LogP) is 6.48. The first-order valence-electron chi connectivity index (χ1n) is 11.2. The number of hydrogen-bond acceptors (Lipinski definition) is 4. The highest BCUT2D eigenvalue weighted by atomic mass is 32.2. The molecule has 0 radical (unpaired) electrons. The number of anilines is 1. The first-order chi connectivity index (χ1) is 15.7. The van der Waals surface area contributed by atoms with Crippen molar-refractivity contribution >= 4 is 17.4 Å². The number of nitrogens with zero attached hydrogens (tertiary/aromatic N) is 4. The van der Waals surface area contributed by atoms with Crippen LogP contribution in [0.15, 0.2) is 90.1 Å². The molecule has 5 rings (SSSR count). The second kappa shape index (κ2) is 9.21. The maximum atomic E-state index is 4.71. The molecule has 0 aliphatic heterocycles. The normalized spacial score (nSPS) is 13.8. The van der Waals surface area contributed by atoms with Gasteiger partial charge in [-0.1, -0.05) is 78.8 Å². The summed E-state index contributed by atoms with van der Waals surface area (Å²) in [6.45, 7) is 0. The van der Waals surface area contributed by atoms with Gasteiger partial charge in [-0.05, 0) is 48.2 Å². The van der Waals surface area contributed by atoms with Crippen LogP contribution in [0.2, 0.25) is 0 Å². The summed E-state index contributed by atoms with van der Waals surface area (Å²) in [4.78, 5) is 2.12. The van der Waals surface area contributed by atoms with Gasteiger partial charge >= 0.3 is 0 Å². The molecule has 0 spiro atoms. The molecule has 1 fully saturated rings. The molecule has 3 aromatic carbocycles. The SMILES string of the molecule is CN(C)c1ccc(-n2c(SC(c3ccccc3)c3ccccc3)nnc2C2CCC2)cc1. The van der Waals surface area contributed by atoms with Crippen LogP contribution in [0.25, 0.3) is 5.69 Å². The van der Waals surface area contributed by atoms with Gasteiger partial charge in [-0.2, -0.15) is 0 Å². The van der Waals surface area contributed by atoms with Crippen molar-refractivity contribution in [1.29, 1.82) is 0 Å². The molecule has 162 valence electrons. The van der Waals surface area contributed by atoms with Gasteiger partial charge in [0, 0.05) is 31.4 Å². The standard InChI is InChI=1S/C27H28N4S/c1-30(2)23-16-18-24(19-17-23)31-26(22-14-9-15-22)28-29-27(31)32-25(20-10-5-3-6-11-20)21-12-7-4-8-13-21/h3-8,10-13,16-19,22,25H,9,14-15H2,1-2H3. The maximum absolute atomic E-state index is 4.71. The number of hydrogen-bond donors (Lipinski definition) is 0. The highest BCUT2D eigenvalue weighted by molar-refractivity contribution is 7.99. The van der Waals surface area contributed by atoms with Crippen molar-refractivity contribution in [2.45, 2.75) is 35.6 Å². The molecule has 0 atom stereocenters. The molecule has 0 saturated heterocycles. The minimum atomic E-state index is 0.149. The highest BCUT2D eigenvalue weighted by Gasteiger charge is 2.29. The molecule has 1 aliphatic carbocycles. The van der Waals surface area contributed by atoms with E-state index in [1.165, 1.54) is 36.1 Å². The fourth-order valence-corrected chi connectivity index (χ4v) is 5.31. The van der Waals surface area contributed by atoms with Crippen LogP contribution in [0.3, 0.4) is 0 Å². The van der Waals surface area contributed by atoms with Crippen molar-refractivity contribution in [2.24, 2.45) is 0 Å². The molecule has 1 heterocycles. The van der Waals surface area contributed by atoms with E-state index >= 15 is 0 Å². The lowest BCUT2D eigenvalue weighted by atomic mass is 9.85. The molecule has 32 heavy (non-hydrogen) atoms. The molecule has 0 bridgehead atoms. The minimum Gasteiger partial charge on any atom is -0.378 e. The lowest BCUT2D eigenvalue weighted by Crippen LogP contribution is -2.15. The Morgan fingerprint density at radius 1 is 0.812 bits per heavy atom. The third-order valence-electron chi connectivity index (χ3n) is 6.18. The third kappa shape index (κ3) is 4.17. The largest absolute Gasteiger partial charge is 0.378 e. The minimum absolute atomic E-state index is 0.149. The molecule has 1 saturated carbocycles. The first-order valence-corrected chi connectivity index (χ1v) is 12.1. The zero-order chi connectivity index (χ0) is 21.9. The lowest BCUT2D eigenvalue weighted by molar-refractivity contribution is 0.395. The van der Waals surface area contributed by atoms with E-state index in [0.29, 0.717) is 5.92 Å². The van der Waals surface area contributed by atoms with E-state index < -0.39 is 0 Å². The molecule has 0 amide bonds. The molecular weight excluding hydrogens is 412 g/mol. The second-order valence-electron chi connectivity index (χ2n) is 8.53. The van der Waals surface area contributed by atoms with Gasteiger partial charge in [-0.25, -0.2) is 0 Å². The average Bonchev–Trinajstić information content (AvgIpc) is 3.20. The zero-order valence-corrected chi connectivity index (χ0v) is 19.4. The van der Waals surface area contributed by atoms with E-state index in [9.17, 15) is 0 Å². The van der Waals surface area contributed by atoms with Crippen LogP contribution < -0.4 is 4.90 Å². The summed E-state index contributed by atoms with van der Waals surface area (Å²) in [6, 6.07) is 30.1.